The molecule has 2 heterocycles. The van der Waals surface area contributed by atoms with Gasteiger partial charge < -0.3 is 19.5 Å². The molecule has 21 heavy (non-hydrogen) atoms. The lowest BCUT2D eigenvalue weighted by Gasteiger charge is -2.32. The van der Waals surface area contributed by atoms with Crippen LogP contribution in [0.1, 0.15) is 24.2 Å². The number of amides is 1. The number of nitrogens with zero attached hydrogens (tertiary/aromatic N) is 2. The minimum atomic E-state index is -1.07. The Labute approximate surface area is 122 Å². The number of carboxylic acids is 1. The van der Waals surface area contributed by atoms with Gasteiger partial charge in [0.2, 0.25) is 5.88 Å². The van der Waals surface area contributed by atoms with Crippen molar-refractivity contribution in [3.05, 3.63) is 23.9 Å². The molecule has 1 fully saturated rings. The van der Waals surface area contributed by atoms with Gasteiger partial charge in [-0.15, -0.1) is 0 Å². The SMILES string of the molecule is CC(C)Oc1ccc(C(=O)N2CCOCC2C(=O)O)cn1. The quantitative estimate of drug-likeness (QED) is 0.883. The number of hydrogen-bond donors (Lipinski definition) is 1. The Morgan fingerprint density at radius 2 is 2.24 bits per heavy atom. The van der Waals surface area contributed by atoms with Gasteiger partial charge in [0.1, 0.15) is 0 Å². The lowest BCUT2D eigenvalue weighted by molar-refractivity contribution is -0.147. The summed E-state index contributed by atoms with van der Waals surface area (Å²) < 4.78 is 10.5. The summed E-state index contributed by atoms with van der Waals surface area (Å²) >= 11 is 0. The fourth-order valence-corrected chi connectivity index (χ4v) is 2.04. The molecule has 0 saturated carbocycles. The molecule has 1 unspecified atom stereocenters. The van der Waals surface area contributed by atoms with Crippen LogP contribution < -0.4 is 4.74 Å². The fourth-order valence-electron chi connectivity index (χ4n) is 2.04. The number of aliphatic carboxylic acids is 1. The van der Waals surface area contributed by atoms with Crippen molar-refractivity contribution in [2.24, 2.45) is 0 Å². The molecule has 1 saturated heterocycles. The van der Waals surface area contributed by atoms with Crippen LogP contribution in [0.25, 0.3) is 0 Å². The molecule has 1 aliphatic rings. The summed E-state index contributed by atoms with van der Waals surface area (Å²) in [7, 11) is 0. The maximum Gasteiger partial charge on any atom is 0.328 e. The molecule has 0 aliphatic carbocycles. The van der Waals surface area contributed by atoms with Gasteiger partial charge in [-0.1, -0.05) is 0 Å². The molecule has 1 amide bonds. The minimum Gasteiger partial charge on any atom is -0.480 e. The number of pyridine rings is 1. The number of aromatic nitrogens is 1. The zero-order valence-electron chi connectivity index (χ0n) is 12.0. The molecule has 2 rings (SSSR count). The number of carbonyl (C=O) groups excluding carboxylic acids is 1. The van der Waals surface area contributed by atoms with Gasteiger partial charge in [0.25, 0.3) is 5.91 Å². The van der Waals surface area contributed by atoms with Crippen molar-refractivity contribution in [2.45, 2.75) is 26.0 Å². The van der Waals surface area contributed by atoms with Gasteiger partial charge in [0.15, 0.2) is 6.04 Å². The third-order valence-corrected chi connectivity index (χ3v) is 3.01. The molecule has 0 radical (unpaired) electrons. The number of ether oxygens (including phenoxy) is 2. The topological polar surface area (TPSA) is 89.0 Å². The molecule has 0 aromatic carbocycles. The highest BCUT2D eigenvalue weighted by molar-refractivity contribution is 5.96. The van der Waals surface area contributed by atoms with E-state index >= 15 is 0 Å². The van der Waals surface area contributed by atoms with Crippen molar-refractivity contribution in [3.8, 4) is 5.88 Å². The third-order valence-electron chi connectivity index (χ3n) is 3.01. The molecule has 7 nitrogen and oxygen atoms in total. The number of carboxylic acid groups (broad SMARTS) is 1. The van der Waals surface area contributed by atoms with Crippen molar-refractivity contribution in [3.63, 3.8) is 0 Å². The molecule has 1 N–H and O–H groups in total. The Kier molecular flexibility index (Phi) is 4.74. The standard InChI is InChI=1S/C14H18N2O5/c1-9(2)21-12-4-3-10(7-15-12)13(17)16-5-6-20-8-11(16)14(18)19/h3-4,7,9,11H,5-6,8H2,1-2H3,(H,18,19). The maximum atomic E-state index is 12.4. The van der Waals surface area contributed by atoms with Gasteiger partial charge in [-0.3, -0.25) is 4.79 Å². The zero-order chi connectivity index (χ0) is 15.4. The zero-order valence-corrected chi connectivity index (χ0v) is 12.0. The normalized spacial score (nSPS) is 18.6. The van der Waals surface area contributed by atoms with Crippen LogP contribution in [0.4, 0.5) is 0 Å². The highest BCUT2D eigenvalue weighted by Gasteiger charge is 2.33. The van der Waals surface area contributed by atoms with Crippen LogP contribution in [0, 0.1) is 0 Å². The first-order valence-electron chi connectivity index (χ1n) is 6.73. The van der Waals surface area contributed by atoms with Gasteiger partial charge in [-0.05, 0) is 19.9 Å². The summed E-state index contributed by atoms with van der Waals surface area (Å²) in [5, 5.41) is 9.14. The monoisotopic (exact) mass is 294 g/mol. The smallest absolute Gasteiger partial charge is 0.328 e. The molecular weight excluding hydrogens is 276 g/mol. The van der Waals surface area contributed by atoms with Gasteiger partial charge in [-0.2, -0.15) is 0 Å². The van der Waals surface area contributed by atoms with Crippen LogP contribution in [0.5, 0.6) is 5.88 Å². The highest BCUT2D eigenvalue weighted by Crippen LogP contribution is 2.15. The summed E-state index contributed by atoms with van der Waals surface area (Å²) in [5.41, 5.74) is 0.333. The van der Waals surface area contributed by atoms with Crippen LogP contribution in [0.2, 0.25) is 0 Å². The van der Waals surface area contributed by atoms with Gasteiger partial charge in [0, 0.05) is 18.8 Å². The van der Waals surface area contributed by atoms with Crippen molar-refractivity contribution in [1.29, 1.82) is 0 Å². The van der Waals surface area contributed by atoms with Crippen LogP contribution in [-0.2, 0) is 9.53 Å². The number of morpholine rings is 1. The van der Waals surface area contributed by atoms with Crippen molar-refractivity contribution < 1.29 is 24.2 Å². The van der Waals surface area contributed by atoms with Crippen LogP contribution in [0.15, 0.2) is 18.3 Å². The summed E-state index contributed by atoms with van der Waals surface area (Å²) in [6, 6.07) is 2.23. The summed E-state index contributed by atoms with van der Waals surface area (Å²) in [6.07, 6.45) is 1.39. The average Bonchev–Trinajstić information content (AvgIpc) is 2.46. The van der Waals surface area contributed by atoms with E-state index in [1.807, 2.05) is 13.8 Å². The Bertz CT molecular complexity index is 515. The molecule has 1 aromatic rings. The second kappa shape index (κ2) is 6.53. The number of rotatable bonds is 4. The van der Waals surface area contributed by atoms with E-state index in [-0.39, 0.29) is 25.2 Å². The number of hydrogen-bond acceptors (Lipinski definition) is 5. The van der Waals surface area contributed by atoms with E-state index in [1.165, 1.54) is 11.1 Å². The van der Waals surface area contributed by atoms with E-state index in [0.717, 1.165) is 0 Å². The summed E-state index contributed by atoms with van der Waals surface area (Å²) in [6.45, 7) is 4.35. The predicted molar refractivity (Wildman–Crippen MR) is 73.3 cm³/mol. The van der Waals surface area contributed by atoms with E-state index < -0.39 is 12.0 Å². The molecular formula is C14H18N2O5. The number of carbonyl (C=O) groups is 2. The van der Waals surface area contributed by atoms with Gasteiger partial charge >= 0.3 is 5.97 Å². The van der Waals surface area contributed by atoms with E-state index in [2.05, 4.69) is 4.98 Å². The van der Waals surface area contributed by atoms with Crippen LogP contribution >= 0.6 is 0 Å². The van der Waals surface area contributed by atoms with Crippen LogP contribution in [-0.4, -0.2) is 58.8 Å². The molecule has 0 spiro atoms. The first-order valence-corrected chi connectivity index (χ1v) is 6.73. The van der Waals surface area contributed by atoms with E-state index in [9.17, 15) is 9.59 Å². The van der Waals surface area contributed by atoms with E-state index in [4.69, 9.17) is 14.6 Å². The van der Waals surface area contributed by atoms with Crippen molar-refractivity contribution in [2.75, 3.05) is 19.8 Å². The van der Waals surface area contributed by atoms with E-state index in [1.54, 1.807) is 12.1 Å². The molecule has 1 aromatic heterocycles. The lowest BCUT2D eigenvalue weighted by atomic mass is 10.1. The first kappa shape index (κ1) is 15.2. The second-order valence-electron chi connectivity index (χ2n) is 4.98. The first-order chi connectivity index (χ1) is 9.99. The summed E-state index contributed by atoms with van der Waals surface area (Å²) in [5.74, 6) is -1.01. The molecule has 114 valence electrons. The van der Waals surface area contributed by atoms with Crippen molar-refractivity contribution in [1.82, 2.24) is 9.88 Å². The Hall–Kier alpha value is -2.15. The Morgan fingerprint density at radius 3 is 2.81 bits per heavy atom. The van der Waals surface area contributed by atoms with Crippen molar-refractivity contribution >= 4 is 11.9 Å². The Morgan fingerprint density at radius 1 is 1.48 bits per heavy atom. The largest absolute Gasteiger partial charge is 0.480 e. The molecule has 1 atom stereocenters. The highest BCUT2D eigenvalue weighted by atomic mass is 16.5. The predicted octanol–water partition coefficient (Wildman–Crippen LogP) is 0.794. The Balaban J connectivity index is 2.12. The second-order valence-corrected chi connectivity index (χ2v) is 4.98. The van der Waals surface area contributed by atoms with E-state index in [0.29, 0.717) is 18.1 Å². The minimum absolute atomic E-state index is 0.00302. The van der Waals surface area contributed by atoms with Crippen LogP contribution in [0.3, 0.4) is 0 Å². The van der Waals surface area contributed by atoms with Gasteiger partial charge in [-0.25, -0.2) is 9.78 Å². The van der Waals surface area contributed by atoms with Gasteiger partial charge in [0.05, 0.1) is 24.9 Å². The fraction of sp³-hybridized carbons (Fsp3) is 0.500. The molecule has 7 heteroatoms. The average molecular weight is 294 g/mol. The summed E-state index contributed by atoms with van der Waals surface area (Å²) in [4.78, 5) is 28.9. The third kappa shape index (κ3) is 3.69. The molecule has 0 bridgehead atoms. The molecule has 1 aliphatic heterocycles. The lowest BCUT2D eigenvalue weighted by Crippen LogP contribution is -2.52. The maximum absolute atomic E-state index is 12.4.